The lowest BCUT2D eigenvalue weighted by Crippen LogP contribution is -2.45. The van der Waals surface area contributed by atoms with Crippen molar-refractivity contribution < 1.29 is 0 Å². The second kappa shape index (κ2) is 6.38. The summed E-state index contributed by atoms with van der Waals surface area (Å²) in [5.41, 5.74) is 0.604. The van der Waals surface area contributed by atoms with Crippen LogP contribution >= 0.6 is 0 Å². The van der Waals surface area contributed by atoms with Crippen molar-refractivity contribution in [2.24, 2.45) is 5.41 Å². The number of rotatable bonds is 2. The number of nitrogens with zero attached hydrogens (tertiary/aromatic N) is 1. The first kappa shape index (κ1) is 14.3. The zero-order chi connectivity index (χ0) is 13.0. The van der Waals surface area contributed by atoms with Gasteiger partial charge in [-0.25, -0.2) is 0 Å². The van der Waals surface area contributed by atoms with Gasteiger partial charge >= 0.3 is 0 Å². The Morgan fingerprint density at radius 3 is 2.50 bits per heavy atom. The number of hydrogen-bond acceptors (Lipinski definition) is 2. The maximum absolute atomic E-state index is 3.68. The van der Waals surface area contributed by atoms with E-state index < -0.39 is 0 Å². The average Bonchev–Trinajstić information content (AvgIpc) is 2.30. The van der Waals surface area contributed by atoms with Crippen LogP contribution in [0, 0.1) is 5.41 Å². The Kier molecular flexibility index (Phi) is 5.08. The quantitative estimate of drug-likeness (QED) is 0.810. The molecule has 18 heavy (non-hydrogen) atoms. The van der Waals surface area contributed by atoms with Gasteiger partial charge in [0, 0.05) is 12.1 Å². The van der Waals surface area contributed by atoms with Crippen LogP contribution < -0.4 is 5.32 Å². The van der Waals surface area contributed by atoms with Crippen molar-refractivity contribution in [2.75, 3.05) is 19.6 Å². The van der Waals surface area contributed by atoms with Crippen LogP contribution in [0.25, 0.3) is 0 Å². The fourth-order valence-electron chi connectivity index (χ4n) is 3.59. The predicted octanol–water partition coefficient (Wildman–Crippen LogP) is 3.42. The van der Waals surface area contributed by atoms with Crippen LogP contribution in [0.2, 0.25) is 0 Å². The minimum Gasteiger partial charge on any atom is -0.314 e. The van der Waals surface area contributed by atoms with Crippen LogP contribution in [0.4, 0.5) is 0 Å². The lowest BCUT2D eigenvalue weighted by Gasteiger charge is -2.41. The summed E-state index contributed by atoms with van der Waals surface area (Å²) in [6, 6.07) is 1.64. The lowest BCUT2D eigenvalue weighted by atomic mass is 9.75. The fraction of sp³-hybridized carbons (Fsp3) is 1.00. The molecule has 0 bridgehead atoms. The maximum Gasteiger partial charge on any atom is 0.00956 e. The molecular weight excluding hydrogens is 220 g/mol. The van der Waals surface area contributed by atoms with Gasteiger partial charge in [0.05, 0.1) is 0 Å². The van der Waals surface area contributed by atoms with Gasteiger partial charge in [0.2, 0.25) is 0 Å². The summed E-state index contributed by atoms with van der Waals surface area (Å²) < 4.78 is 0. The van der Waals surface area contributed by atoms with Gasteiger partial charge in [0.1, 0.15) is 0 Å². The minimum absolute atomic E-state index is 0.604. The first-order chi connectivity index (χ1) is 8.61. The zero-order valence-corrected chi connectivity index (χ0v) is 12.7. The standard InChI is InChI=1S/C16H32N2/c1-4-14-8-13-18(12-5-11-17-14)15-6-9-16(2,3)10-7-15/h14-15,17H,4-13H2,1-3H3. The number of nitrogens with one attached hydrogen (secondary N) is 1. The summed E-state index contributed by atoms with van der Waals surface area (Å²) in [6.07, 6.45) is 9.65. The molecule has 0 amide bonds. The van der Waals surface area contributed by atoms with Gasteiger partial charge in [0.15, 0.2) is 0 Å². The Morgan fingerprint density at radius 2 is 1.83 bits per heavy atom. The summed E-state index contributed by atoms with van der Waals surface area (Å²) in [6.45, 7) is 11.0. The largest absolute Gasteiger partial charge is 0.314 e. The molecule has 0 aromatic rings. The van der Waals surface area contributed by atoms with Crippen molar-refractivity contribution in [3.63, 3.8) is 0 Å². The first-order valence-electron chi connectivity index (χ1n) is 8.08. The van der Waals surface area contributed by atoms with E-state index in [2.05, 4.69) is 31.0 Å². The lowest BCUT2D eigenvalue weighted by molar-refractivity contribution is 0.0963. The summed E-state index contributed by atoms with van der Waals surface area (Å²) in [7, 11) is 0. The molecular formula is C16H32N2. The zero-order valence-electron chi connectivity index (χ0n) is 12.7. The van der Waals surface area contributed by atoms with Gasteiger partial charge in [-0.1, -0.05) is 20.8 Å². The highest BCUT2D eigenvalue weighted by atomic mass is 15.2. The van der Waals surface area contributed by atoms with E-state index in [1.54, 1.807) is 0 Å². The van der Waals surface area contributed by atoms with Crippen LogP contribution in [0.5, 0.6) is 0 Å². The molecule has 2 rings (SSSR count). The van der Waals surface area contributed by atoms with E-state index in [1.165, 1.54) is 64.6 Å². The SMILES string of the molecule is CCC1CCN(C2CCC(C)(C)CC2)CCCN1. The molecule has 1 aliphatic carbocycles. The highest BCUT2D eigenvalue weighted by Crippen LogP contribution is 2.37. The molecule has 2 nitrogen and oxygen atoms in total. The monoisotopic (exact) mass is 252 g/mol. The third kappa shape index (κ3) is 3.96. The molecule has 2 heteroatoms. The molecule has 0 aromatic carbocycles. The Hall–Kier alpha value is -0.0800. The third-order valence-corrected chi connectivity index (χ3v) is 5.14. The molecule has 1 unspecified atom stereocenters. The van der Waals surface area contributed by atoms with Crippen LogP contribution in [-0.4, -0.2) is 36.6 Å². The maximum atomic E-state index is 3.68. The van der Waals surface area contributed by atoms with E-state index in [9.17, 15) is 0 Å². The van der Waals surface area contributed by atoms with Crippen LogP contribution in [-0.2, 0) is 0 Å². The van der Waals surface area contributed by atoms with Crippen molar-refractivity contribution in [2.45, 2.75) is 77.8 Å². The molecule has 2 aliphatic rings. The highest BCUT2D eigenvalue weighted by molar-refractivity contribution is 4.85. The Bertz CT molecular complexity index is 239. The van der Waals surface area contributed by atoms with Crippen molar-refractivity contribution in [3.05, 3.63) is 0 Å². The van der Waals surface area contributed by atoms with Gasteiger partial charge < -0.3 is 10.2 Å². The molecule has 1 N–H and O–H groups in total. The van der Waals surface area contributed by atoms with E-state index in [-0.39, 0.29) is 0 Å². The number of hydrogen-bond donors (Lipinski definition) is 1. The molecule has 1 heterocycles. The van der Waals surface area contributed by atoms with Crippen molar-refractivity contribution >= 4 is 0 Å². The van der Waals surface area contributed by atoms with E-state index >= 15 is 0 Å². The predicted molar refractivity (Wildman–Crippen MR) is 78.9 cm³/mol. The summed E-state index contributed by atoms with van der Waals surface area (Å²) >= 11 is 0. The Labute approximate surface area is 114 Å². The molecule has 0 aromatic heterocycles. The molecule has 0 spiro atoms. The van der Waals surface area contributed by atoms with E-state index in [0.29, 0.717) is 5.41 Å². The molecule has 1 saturated carbocycles. The van der Waals surface area contributed by atoms with Crippen LogP contribution in [0.1, 0.15) is 65.7 Å². The normalized spacial score (nSPS) is 31.8. The van der Waals surface area contributed by atoms with Crippen molar-refractivity contribution in [1.29, 1.82) is 0 Å². The molecule has 1 saturated heterocycles. The fourth-order valence-corrected chi connectivity index (χ4v) is 3.59. The second-order valence-corrected chi connectivity index (χ2v) is 7.13. The van der Waals surface area contributed by atoms with E-state index in [0.717, 1.165) is 12.1 Å². The van der Waals surface area contributed by atoms with Gasteiger partial charge in [-0.3, -0.25) is 0 Å². The molecule has 106 valence electrons. The topological polar surface area (TPSA) is 15.3 Å². The third-order valence-electron chi connectivity index (χ3n) is 5.14. The van der Waals surface area contributed by atoms with Crippen LogP contribution in [0.3, 0.4) is 0 Å². The molecule has 2 fully saturated rings. The van der Waals surface area contributed by atoms with Gasteiger partial charge in [-0.2, -0.15) is 0 Å². The van der Waals surface area contributed by atoms with E-state index in [4.69, 9.17) is 0 Å². The first-order valence-corrected chi connectivity index (χ1v) is 8.08. The summed E-state index contributed by atoms with van der Waals surface area (Å²) in [4.78, 5) is 2.80. The van der Waals surface area contributed by atoms with E-state index in [1.807, 2.05) is 0 Å². The van der Waals surface area contributed by atoms with Crippen molar-refractivity contribution in [1.82, 2.24) is 10.2 Å². The summed E-state index contributed by atoms with van der Waals surface area (Å²) in [5, 5.41) is 3.68. The molecule has 1 aliphatic heterocycles. The van der Waals surface area contributed by atoms with Crippen molar-refractivity contribution in [3.8, 4) is 0 Å². The molecule has 1 atom stereocenters. The minimum atomic E-state index is 0.604. The van der Waals surface area contributed by atoms with Gasteiger partial charge in [-0.05, 0) is 70.0 Å². The van der Waals surface area contributed by atoms with Crippen LogP contribution in [0.15, 0.2) is 0 Å². The summed E-state index contributed by atoms with van der Waals surface area (Å²) in [5.74, 6) is 0. The Morgan fingerprint density at radius 1 is 1.11 bits per heavy atom. The van der Waals surface area contributed by atoms with Gasteiger partial charge in [-0.15, -0.1) is 0 Å². The average molecular weight is 252 g/mol. The smallest absolute Gasteiger partial charge is 0.00956 e. The highest BCUT2D eigenvalue weighted by Gasteiger charge is 2.30. The van der Waals surface area contributed by atoms with Gasteiger partial charge in [0.25, 0.3) is 0 Å². The second-order valence-electron chi connectivity index (χ2n) is 7.13. The molecule has 0 radical (unpaired) electrons. The Balaban J connectivity index is 1.84.